The lowest BCUT2D eigenvalue weighted by molar-refractivity contribution is -0.554. The number of hydrogen-bond acceptors (Lipinski definition) is 4. The zero-order chi connectivity index (χ0) is 15.7. The number of nitrogens with one attached hydrogen (secondary N) is 1. The SMILES string of the molecule is COc1ccc(C(=N)/C=C\C(=O)[NH2+]C/C=C/CBr)cc1O. The van der Waals surface area contributed by atoms with Crippen molar-refractivity contribution < 1.29 is 20.0 Å². The molecule has 0 atom stereocenters. The number of nitrogens with two attached hydrogens (primary N) is 1. The first-order valence-corrected chi connectivity index (χ1v) is 7.42. The van der Waals surface area contributed by atoms with Gasteiger partial charge in [-0.1, -0.05) is 22.0 Å². The molecule has 0 aliphatic heterocycles. The number of methoxy groups -OCH3 is 1. The van der Waals surface area contributed by atoms with Crippen LogP contribution in [0.5, 0.6) is 11.5 Å². The summed E-state index contributed by atoms with van der Waals surface area (Å²) in [4.78, 5) is 11.6. The third-order valence-electron chi connectivity index (χ3n) is 2.61. The maximum absolute atomic E-state index is 11.6. The molecule has 0 saturated heterocycles. The number of quaternary nitrogens is 1. The standard InChI is InChI=1S/C15H17BrN2O3/c1-21-14-6-4-11(10-13(14)19)12(17)5-7-15(20)18-9-3-2-8-16/h2-7,10,17,19H,8-9H2,1H3,(H,18,20)/p+1/b3-2+,7-5-,17-12?. The summed E-state index contributed by atoms with van der Waals surface area (Å²) >= 11 is 3.25. The quantitative estimate of drug-likeness (QED) is 0.299. The summed E-state index contributed by atoms with van der Waals surface area (Å²) in [6, 6.07) is 4.66. The number of rotatable bonds is 7. The van der Waals surface area contributed by atoms with Gasteiger partial charge in [0.25, 0.3) is 0 Å². The minimum Gasteiger partial charge on any atom is -0.504 e. The molecule has 1 rings (SSSR count). The largest absolute Gasteiger partial charge is 0.504 e. The van der Waals surface area contributed by atoms with E-state index >= 15 is 0 Å². The Hall–Kier alpha value is -1.92. The zero-order valence-corrected chi connectivity index (χ0v) is 13.3. The van der Waals surface area contributed by atoms with Crippen molar-refractivity contribution in [1.29, 1.82) is 5.41 Å². The van der Waals surface area contributed by atoms with Gasteiger partial charge in [-0.15, -0.1) is 0 Å². The maximum atomic E-state index is 11.6. The second-order valence-corrected chi connectivity index (χ2v) is 4.75. The highest BCUT2D eigenvalue weighted by molar-refractivity contribution is 9.09. The Morgan fingerprint density at radius 3 is 2.81 bits per heavy atom. The summed E-state index contributed by atoms with van der Waals surface area (Å²) in [5.74, 6) is 0.154. The highest BCUT2D eigenvalue weighted by Gasteiger charge is 2.05. The predicted molar refractivity (Wildman–Crippen MR) is 85.4 cm³/mol. The van der Waals surface area contributed by atoms with Crippen molar-refractivity contribution in [3.8, 4) is 11.5 Å². The normalized spacial score (nSPS) is 11.1. The zero-order valence-electron chi connectivity index (χ0n) is 11.7. The van der Waals surface area contributed by atoms with Crippen LogP contribution in [0.15, 0.2) is 42.5 Å². The number of phenols is 1. The number of ether oxygens (including phenoxy) is 1. The van der Waals surface area contributed by atoms with Crippen LogP contribution in [0, 0.1) is 5.41 Å². The number of halogens is 1. The van der Waals surface area contributed by atoms with Gasteiger partial charge < -0.3 is 15.3 Å². The number of benzene rings is 1. The van der Waals surface area contributed by atoms with Crippen molar-refractivity contribution >= 4 is 27.5 Å². The number of allylic oxidation sites excluding steroid dienone is 2. The topological polar surface area (TPSA) is 87.0 Å². The van der Waals surface area contributed by atoms with Crippen LogP contribution in [-0.4, -0.2) is 35.7 Å². The van der Waals surface area contributed by atoms with Gasteiger partial charge in [0.2, 0.25) is 0 Å². The van der Waals surface area contributed by atoms with Gasteiger partial charge in [-0.2, -0.15) is 0 Å². The molecule has 0 fully saturated rings. The van der Waals surface area contributed by atoms with E-state index in [1.807, 2.05) is 12.2 Å². The highest BCUT2D eigenvalue weighted by atomic mass is 79.9. The Morgan fingerprint density at radius 1 is 1.43 bits per heavy atom. The van der Waals surface area contributed by atoms with Crippen LogP contribution in [-0.2, 0) is 4.79 Å². The summed E-state index contributed by atoms with van der Waals surface area (Å²) < 4.78 is 4.93. The first-order chi connectivity index (χ1) is 10.1. The molecular formula is C15H18BrN2O3+. The summed E-state index contributed by atoms with van der Waals surface area (Å²) in [7, 11) is 1.46. The van der Waals surface area contributed by atoms with Gasteiger partial charge >= 0.3 is 5.91 Å². The minimum atomic E-state index is -0.156. The Morgan fingerprint density at radius 2 is 2.19 bits per heavy atom. The van der Waals surface area contributed by atoms with Gasteiger partial charge in [-0.3, -0.25) is 5.32 Å². The van der Waals surface area contributed by atoms with E-state index in [9.17, 15) is 9.90 Å². The number of aromatic hydroxyl groups is 1. The van der Waals surface area contributed by atoms with E-state index in [0.717, 1.165) is 5.33 Å². The fourth-order valence-corrected chi connectivity index (χ4v) is 1.80. The van der Waals surface area contributed by atoms with E-state index in [1.54, 1.807) is 12.1 Å². The summed E-state index contributed by atoms with van der Waals surface area (Å²) in [6.45, 7) is 0.561. The number of carbonyl (C=O) groups is 1. The van der Waals surface area contributed by atoms with Gasteiger partial charge in [-0.05, 0) is 30.4 Å². The summed E-state index contributed by atoms with van der Waals surface area (Å²) in [5, 5.41) is 19.8. The Labute approximate surface area is 132 Å². The van der Waals surface area contributed by atoms with Crippen molar-refractivity contribution in [1.82, 2.24) is 0 Å². The summed E-state index contributed by atoms with van der Waals surface area (Å²) in [6.07, 6.45) is 6.54. The molecule has 0 bridgehead atoms. The van der Waals surface area contributed by atoms with Gasteiger partial charge in [-0.25, -0.2) is 4.79 Å². The number of primary amides is 1. The highest BCUT2D eigenvalue weighted by Crippen LogP contribution is 2.26. The minimum absolute atomic E-state index is 0.0362. The van der Waals surface area contributed by atoms with Crippen LogP contribution in [0.4, 0.5) is 0 Å². The first-order valence-electron chi connectivity index (χ1n) is 6.30. The smallest absolute Gasteiger partial charge is 0.335 e. The Bertz CT molecular complexity index is 568. The third kappa shape index (κ3) is 5.93. The van der Waals surface area contributed by atoms with E-state index in [1.165, 1.54) is 30.6 Å². The second-order valence-electron chi connectivity index (χ2n) is 4.10. The molecule has 0 heterocycles. The summed E-state index contributed by atoms with van der Waals surface area (Å²) in [5.41, 5.74) is 0.655. The van der Waals surface area contributed by atoms with E-state index in [-0.39, 0.29) is 17.4 Å². The molecule has 1 aromatic carbocycles. The molecule has 1 amide bonds. The molecule has 6 heteroatoms. The fourth-order valence-electron chi connectivity index (χ4n) is 1.53. The third-order valence-corrected chi connectivity index (χ3v) is 2.99. The molecule has 1 aromatic rings. The number of carbonyl (C=O) groups excluding carboxylic acids is 1. The van der Waals surface area contributed by atoms with Crippen molar-refractivity contribution in [2.45, 2.75) is 0 Å². The van der Waals surface area contributed by atoms with Crippen LogP contribution < -0.4 is 10.1 Å². The average Bonchev–Trinajstić information content (AvgIpc) is 2.49. The van der Waals surface area contributed by atoms with Crippen LogP contribution in [0.3, 0.4) is 0 Å². The molecule has 0 saturated carbocycles. The first kappa shape index (κ1) is 17.1. The monoisotopic (exact) mass is 353 g/mol. The predicted octanol–water partition coefficient (Wildman–Crippen LogP) is 1.37. The average molecular weight is 354 g/mol. The number of alkyl halides is 1. The lowest BCUT2D eigenvalue weighted by Gasteiger charge is -2.05. The van der Waals surface area contributed by atoms with Gasteiger partial charge in [0.1, 0.15) is 6.54 Å². The molecule has 0 aliphatic rings. The van der Waals surface area contributed by atoms with Crippen molar-refractivity contribution in [3.05, 3.63) is 48.1 Å². The van der Waals surface area contributed by atoms with Gasteiger partial charge in [0, 0.05) is 17.0 Å². The molecule has 112 valence electrons. The number of hydrogen-bond donors (Lipinski definition) is 3. The lowest BCUT2D eigenvalue weighted by atomic mass is 10.1. The molecule has 5 nitrogen and oxygen atoms in total. The van der Waals surface area contributed by atoms with E-state index in [2.05, 4.69) is 15.9 Å². The van der Waals surface area contributed by atoms with E-state index < -0.39 is 0 Å². The molecule has 0 radical (unpaired) electrons. The Balaban J connectivity index is 2.59. The molecule has 21 heavy (non-hydrogen) atoms. The molecular weight excluding hydrogens is 336 g/mol. The van der Waals surface area contributed by atoms with E-state index in [4.69, 9.17) is 10.1 Å². The molecule has 0 aromatic heterocycles. The second kappa shape index (κ2) is 9.10. The van der Waals surface area contributed by atoms with Crippen LogP contribution in [0.1, 0.15) is 5.56 Å². The van der Waals surface area contributed by atoms with Gasteiger partial charge in [0.05, 0.1) is 12.8 Å². The van der Waals surface area contributed by atoms with Crippen molar-refractivity contribution in [3.63, 3.8) is 0 Å². The van der Waals surface area contributed by atoms with Gasteiger partial charge in [0.15, 0.2) is 11.5 Å². The van der Waals surface area contributed by atoms with Crippen molar-refractivity contribution in [2.75, 3.05) is 19.0 Å². The van der Waals surface area contributed by atoms with Crippen LogP contribution >= 0.6 is 15.9 Å². The molecule has 4 N–H and O–H groups in total. The molecule has 0 aliphatic carbocycles. The number of phenolic OH excluding ortho intramolecular Hbond substituents is 1. The van der Waals surface area contributed by atoms with E-state index in [0.29, 0.717) is 17.9 Å². The maximum Gasteiger partial charge on any atom is 0.335 e. The Kier molecular flexibility index (Phi) is 7.42. The fraction of sp³-hybridized carbons (Fsp3) is 0.200. The van der Waals surface area contributed by atoms with Crippen molar-refractivity contribution in [2.24, 2.45) is 0 Å². The van der Waals surface area contributed by atoms with Crippen LogP contribution in [0.25, 0.3) is 0 Å². The molecule has 0 unspecified atom stereocenters. The molecule has 0 spiro atoms. The number of amides is 1. The van der Waals surface area contributed by atoms with Crippen LogP contribution in [0.2, 0.25) is 0 Å². The lowest BCUT2D eigenvalue weighted by Crippen LogP contribution is -2.87.